The van der Waals surface area contributed by atoms with Crippen LogP contribution in [0.25, 0.3) is 0 Å². The molecule has 0 aliphatic rings. The third kappa shape index (κ3) is 6.59. The van der Waals surface area contributed by atoms with Gasteiger partial charge in [-0.15, -0.1) is 0 Å². The van der Waals surface area contributed by atoms with Crippen LogP contribution in [-0.2, 0) is 14.8 Å². The van der Waals surface area contributed by atoms with E-state index in [2.05, 4.69) is 18.6 Å². The Labute approximate surface area is 144 Å². The van der Waals surface area contributed by atoms with Crippen molar-refractivity contribution in [2.24, 2.45) is 17.6 Å². The Kier molecular flexibility index (Phi) is 7.86. The van der Waals surface area contributed by atoms with Crippen molar-refractivity contribution in [3.8, 4) is 0 Å². The third-order valence-corrected chi connectivity index (χ3v) is 5.36. The molecule has 0 aliphatic carbocycles. The normalized spacial score (nSPS) is 14.5. The first-order valence-corrected chi connectivity index (χ1v) is 9.66. The van der Waals surface area contributed by atoms with Gasteiger partial charge in [0.25, 0.3) is 0 Å². The van der Waals surface area contributed by atoms with E-state index in [4.69, 9.17) is 5.73 Å². The van der Waals surface area contributed by atoms with E-state index in [9.17, 15) is 18.3 Å². The van der Waals surface area contributed by atoms with Crippen molar-refractivity contribution >= 4 is 16.0 Å². The lowest BCUT2D eigenvalue weighted by Gasteiger charge is -2.23. The fourth-order valence-electron chi connectivity index (χ4n) is 2.74. The van der Waals surface area contributed by atoms with Gasteiger partial charge in [-0.05, 0) is 56.7 Å². The molecule has 0 bridgehead atoms. The Bertz CT molecular complexity index is 626. The summed E-state index contributed by atoms with van der Waals surface area (Å²) >= 11 is 0. The third-order valence-electron chi connectivity index (χ3n) is 3.88. The summed E-state index contributed by atoms with van der Waals surface area (Å²) in [4.78, 5) is 11.6. The van der Waals surface area contributed by atoms with Gasteiger partial charge in [0.05, 0.1) is 4.90 Å². The van der Waals surface area contributed by atoms with Gasteiger partial charge in [-0.1, -0.05) is 31.5 Å². The van der Waals surface area contributed by atoms with Gasteiger partial charge in [-0.2, -0.15) is 4.72 Å². The van der Waals surface area contributed by atoms with Crippen LogP contribution in [0.5, 0.6) is 0 Å². The van der Waals surface area contributed by atoms with E-state index in [1.54, 1.807) is 12.1 Å². The largest absolute Gasteiger partial charge is 0.480 e. The summed E-state index contributed by atoms with van der Waals surface area (Å²) in [6, 6.07) is 5.15. The van der Waals surface area contributed by atoms with Gasteiger partial charge < -0.3 is 10.8 Å². The standard InChI is InChI=1S/C17H28N2O4S/c1-12(2)10-14(8-9-18)11-16(17(20)21)19-24(22,23)15-6-4-13(3)5-7-15/h4-7,12,14,16,19H,8-11,18H2,1-3H3,(H,20,21)/t14?,16-/m0/s1. The van der Waals surface area contributed by atoms with Crippen LogP contribution in [0.15, 0.2) is 29.2 Å². The molecule has 24 heavy (non-hydrogen) atoms. The molecule has 1 rings (SSSR count). The molecule has 1 unspecified atom stereocenters. The minimum absolute atomic E-state index is 0.0665. The molecule has 0 aromatic heterocycles. The van der Waals surface area contributed by atoms with E-state index in [0.717, 1.165) is 12.0 Å². The number of rotatable bonds is 10. The SMILES string of the molecule is Cc1ccc(S(=O)(=O)N[C@@H](CC(CCN)CC(C)C)C(=O)O)cc1. The van der Waals surface area contributed by atoms with Crippen molar-refractivity contribution in [2.45, 2.75) is 51.0 Å². The summed E-state index contributed by atoms with van der Waals surface area (Å²) in [5.74, 6) is -0.710. The van der Waals surface area contributed by atoms with E-state index < -0.39 is 22.0 Å². The fourth-order valence-corrected chi connectivity index (χ4v) is 3.94. The first-order chi connectivity index (χ1) is 11.2. The van der Waals surface area contributed by atoms with Crippen LogP contribution >= 0.6 is 0 Å². The Morgan fingerprint density at radius 2 is 1.79 bits per heavy atom. The molecule has 0 spiro atoms. The molecule has 6 nitrogen and oxygen atoms in total. The number of aliphatic carboxylic acids is 1. The lowest BCUT2D eigenvalue weighted by molar-refractivity contribution is -0.139. The molecule has 0 heterocycles. The van der Waals surface area contributed by atoms with Gasteiger partial charge in [0.1, 0.15) is 6.04 Å². The van der Waals surface area contributed by atoms with Gasteiger partial charge in [0.15, 0.2) is 0 Å². The molecular weight excluding hydrogens is 328 g/mol. The quantitative estimate of drug-likeness (QED) is 0.595. The minimum Gasteiger partial charge on any atom is -0.480 e. The molecule has 0 amide bonds. The van der Waals surface area contributed by atoms with Gasteiger partial charge in [0, 0.05) is 0 Å². The molecule has 0 saturated heterocycles. The van der Waals surface area contributed by atoms with E-state index in [1.807, 2.05) is 6.92 Å². The van der Waals surface area contributed by atoms with Crippen molar-refractivity contribution in [3.63, 3.8) is 0 Å². The number of carboxylic acid groups (broad SMARTS) is 1. The zero-order valence-corrected chi connectivity index (χ0v) is 15.3. The monoisotopic (exact) mass is 356 g/mol. The highest BCUT2D eigenvalue weighted by Gasteiger charge is 2.28. The smallest absolute Gasteiger partial charge is 0.321 e. The summed E-state index contributed by atoms with van der Waals surface area (Å²) in [6.45, 7) is 6.41. The van der Waals surface area contributed by atoms with Crippen LogP contribution in [0.3, 0.4) is 0 Å². The number of benzene rings is 1. The summed E-state index contributed by atoms with van der Waals surface area (Å²) in [5.41, 5.74) is 6.54. The van der Waals surface area contributed by atoms with Gasteiger partial charge in [0.2, 0.25) is 10.0 Å². The lowest BCUT2D eigenvalue weighted by Crippen LogP contribution is -2.42. The lowest BCUT2D eigenvalue weighted by atomic mass is 9.89. The average Bonchev–Trinajstić information content (AvgIpc) is 2.46. The predicted molar refractivity (Wildman–Crippen MR) is 94.2 cm³/mol. The predicted octanol–water partition coefficient (Wildman–Crippen LogP) is 2.13. The number of hydrogen-bond acceptors (Lipinski definition) is 4. The first kappa shape index (κ1) is 20.6. The second-order valence-electron chi connectivity index (χ2n) is 6.63. The molecule has 0 fully saturated rings. The molecule has 0 aliphatic heterocycles. The Morgan fingerprint density at radius 3 is 2.25 bits per heavy atom. The molecular formula is C17H28N2O4S. The summed E-state index contributed by atoms with van der Waals surface area (Å²) in [5, 5.41) is 9.42. The van der Waals surface area contributed by atoms with Gasteiger partial charge >= 0.3 is 5.97 Å². The number of carboxylic acids is 1. The van der Waals surface area contributed by atoms with Crippen LogP contribution in [-0.4, -0.2) is 32.1 Å². The molecule has 0 radical (unpaired) electrons. The average molecular weight is 356 g/mol. The zero-order chi connectivity index (χ0) is 18.3. The fraction of sp³-hybridized carbons (Fsp3) is 0.588. The van der Waals surface area contributed by atoms with Crippen molar-refractivity contribution in [3.05, 3.63) is 29.8 Å². The molecule has 2 atom stereocenters. The zero-order valence-electron chi connectivity index (χ0n) is 14.5. The second kappa shape index (κ2) is 9.15. The van der Waals surface area contributed by atoms with E-state index in [-0.39, 0.29) is 17.2 Å². The summed E-state index contributed by atoms with van der Waals surface area (Å²) < 4.78 is 27.2. The Morgan fingerprint density at radius 1 is 1.21 bits per heavy atom. The topological polar surface area (TPSA) is 109 Å². The molecule has 4 N–H and O–H groups in total. The number of sulfonamides is 1. The van der Waals surface area contributed by atoms with Gasteiger partial charge in [-0.3, -0.25) is 4.79 Å². The van der Waals surface area contributed by atoms with E-state index in [1.165, 1.54) is 12.1 Å². The van der Waals surface area contributed by atoms with Crippen LogP contribution in [0.1, 0.15) is 38.7 Å². The van der Waals surface area contributed by atoms with E-state index >= 15 is 0 Å². The van der Waals surface area contributed by atoms with Crippen molar-refractivity contribution < 1.29 is 18.3 Å². The maximum atomic E-state index is 12.4. The molecule has 0 saturated carbocycles. The molecule has 136 valence electrons. The maximum absolute atomic E-state index is 12.4. The van der Waals surface area contributed by atoms with Crippen molar-refractivity contribution in [2.75, 3.05) is 6.54 Å². The minimum atomic E-state index is -3.87. The number of hydrogen-bond donors (Lipinski definition) is 3. The maximum Gasteiger partial charge on any atom is 0.321 e. The molecule has 1 aromatic carbocycles. The summed E-state index contributed by atoms with van der Waals surface area (Å²) in [6.07, 6.45) is 1.72. The Hall–Kier alpha value is -1.44. The second-order valence-corrected chi connectivity index (χ2v) is 8.35. The van der Waals surface area contributed by atoms with E-state index in [0.29, 0.717) is 18.9 Å². The number of nitrogens with one attached hydrogen (secondary N) is 1. The highest BCUT2D eigenvalue weighted by atomic mass is 32.2. The first-order valence-electron chi connectivity index (χ1n) is 8.17. The number of carbonyl (C=O) groups is 1. The summed E-state index contributed by atoms with van der Waals surface area (Å²) in [7, 11) is -3.87. The van der Waals surface area contributed by atoms with Crippen LogP contribution < -0.4 is 10.5 Å². The van der Waals surface area contributed by atoms with Crippen LogP contribution in [0.4, 0.5) is 0 Å². The number of nitrogens with two attached hydrogens (primary N) is 1. The van der Waals surface area contributed by atoms with Crippen molar-refractivity contribution in [1.82, 2.24) is 4.72 Å². The highest BCUT2D eigenvalue weighted by Crippen LogP contribution is 2.21. The van der Waals surface area contributed by atoms with Gasteiger partial charge in [-0.25, -0.2) is 8.42 Å². The van der Waals surface area contributed by atoms with Crippen molar-refractivity contribution in [1.29, 1.82) is 0 Å². The van der Waals surface area contributed by atoms with Crippen LogP contribution in [0.2, 0.25) is 0 Å². The van der Waals surface area contributed by atoms with Crippen LogP contribution in [0, 0.1) is 18.8 Å². The molecule has 1 aromatic rings. The Balaban J connectivity index is 2.91. The highest BCUT2D eigenvalue weighted by molar-refractivity contribution is 7.89. The molecule has 7 heteroatoms. The number of aryl methyl sites for hydroxylation is 1.